The fraction of sp³-hybridized carbons (Fsp3) is 0.529. The van der Waals surface area contributed by atoms with Crippen molar-refractivity contribution in [1.82, 2.24) is 0 Å². The summed E-state index contributed by atoms with van der Waals surface area (Å²) >= 11 is 0. The summed E-state index contributed by atoms with van der Waals surface area (Å²) in [6.45, 7) is 9.40. The molecule has 1 rings (SSSR count). The Morgan fingerprint density at radius 1 is 1.20 bits per heavy atom. The number of ether oxygens (including phenoxy) is 3. The molecule has 0 bridgehead atoms. The summed E-state index contributed by atoms with van der Waals surface area (Å²) in [5, 5.41) is 11.5. The molecule has 0 aromatic heterocycles. The Balaban J connectivity index is 3.66. The van der Waals surface area contributed by atoms with Crippen LogP contribution >= 0.6 is 0 Å². The summed E-state index contributed by atoms with van der Waals surface area (Å²) in [7, 11) is 1.14. The predicted octanol–water partition coefficient (Wildman–Crippen LogP) is 3.49. The number of methoxy groups -OCH3 is 1. The Hall–Kier alpha value is -2.64. The van der Waals surface area contributed by atoms with Crippen molar-refractivity contribution in [2.75, 3.05) is 13.7 Å². The molecule has 0 N–H and O–H groups in total. The number of rotatable bonds is 6. The van der Waals surface area contributed by atoms with Gasteiger partial charge in [0.1, 0.15) is 12.4 Å². The summed E-state index contributed by atoms with van der Waals surface area (Å²) in [5.74, 6) is -0.00829. The maximum atomic E-state index is 11.5. The third-order valence-electron chi connectivity index (χ3n) is 3.70. The molecule has 0 unspecified atom stereocenters. The Labute approximate surface area is 146 Å². The first-order valence-electron chi connectivity index (χ1n) is 7.58. The average Bonchev–Trinajstić information content (AvgIpc) is 2.51. The van der Waals surface area contributed by atoms with Crippen molar-refractivity contribution in [2.45, 2.75) is 45.4 Å². The van der Waals surface area contributed by atoms with Gasteiger partial charge >= 0.3 is 6.16 Å². The monoisotopic (exact) mass is 353 g/mol. The topological polar surface area (TPSA) is 105 Å². The van der Waals surface area contributed by atoms with Gasteiger partial charge in [-0.15, -0.1) is 0 Å². The van der Waals surface area contributed by atoms with Crippen LogP contribution in [0.5, 0.6) is 5.75 Å². The van der Waals surface area contributed by atoms with E-state index in [9.17, 15) is 19.7 Å². The summed E-state index contributed by atoms with van der Waals surface area (Å²) < 4.78 is 14.4. The number of nitro benzene ring substituents is 1. The molecule has 25 heavy (non-hydrogen) atoms. The average molecular weight is 353 g/mol. The van der Waals surface area contributed by atoms with Crippen molar-refractivity contribution in [3.05, 3.63) is 33.4 Å². The van der Waals surface area contributed by atoms with Crippen molar-refractivity contribution in [1.29, 1.82) is 0 Å². The highest BCUT2D eigenvalue weighted by Gasteiger charge is 2.34. The van der Waals surface area contributed by atoms with Gasteiger partial charge in [-0.05, 0) is 11.5 Å². The molecule has 0 heterocycles. The van der Waals surface area contributed by atoms with Gasteiger partial charge in [-0.2, -0.15) is 0 Å². The predicted molar refractivity (Wildman–Crippen MR) is 89.9 cm³/mol. The summed E-state index contributed by atoms with van der Waals surface area (Å²) in [6, 6.07) is 2.82. The number of carbonyl (C=O) groups is 2. The lowest BCUT2D eigenvalue weighted by Gasteiger charge is -2.28. The number of hydrogen-bond donors (Lipinski definition) is 0. The molecule has 0 aliphatic rings. The Bertz CT molecular complexity index is 674. The minimum absolute atomic E-state index is 0.00829. The lowest BCUT2D eigenvalue weighted by Crippen LogP contribution is -2.27. The van der Waals surface area contributed by atoms with Crippen molar-refractivity contribution >= 4 is 18.3 Å². The number of nitrogens with zero attached hydrogens (tertiary/aromatic N) is 1. The molecule has 8 heteroatoms. The van der Waals surface area contributed by atoms with Crippen LogP contribution in [0.3, 0.4) is 0 Å². The van der Waals surface area contributed by atoms with Gasteiger partial charge in [0, 0.05) is 16.5 Å². The molecule has 0 saturated heterocycles. The second-order valence-electron chi connectivity index (χ2n) is 7.22. The van der Waals surface area contributed by atoms with E-state index in [-0.39, 0.29) is 18.0 Å². The Kier molecular flexibility index (Phi) is 6.12. The van der Waals surface area contributed by atoms with Crippen LogP contribution in [0.15, 0.2) is 12.1 Å². The summed E-state index contributed by atoms with van der Waals surface area (Å²) in [6.07, 6.45) is -0.994. The van der Waals surface area contributed by atoms with Crippen LogP contribution in [-0.4, -0.2) is 31.3 Å². The fourth-order valence-electron chi connectivity index (χ4n) is 2.39. The maximum Gasteiger partial charge on any atom is 0.513 e. The van der Waals surface area contributed by atoms with Crippen molar-refractivity contribution in [3.8, 4) is 5.75 Å². The summed E-state index contributed by atoms with van der Waals surface area (Å²) in [5.41, 5.74) is -0.469. The SMILES string of the molecule is COC(=O)Oc1cc([N+](=O)[O-])c(C(C)(C)C)cc1C(C)(C)COC=O. The summed E-state index contributed by atoms with van der Waals surface area (Å²) in [4.78, 5) is 33.0. The highest BCUT2D eigenvalue weighted by molar-refractivity contribution is 5.67. The van der Waals surface area contributed by atoms with E-state index in [1.807, 2.05) is 20.8 Å². The first-order chi connectivity index (χ1) is 11.4. The van der Waals surface area contributed by atoms with E-state index in [0.29, 0.717) is 17.6 Å². The first kappa shape index (κ1) is 20.4. The second-order valence-corrected chi connectivity index (χ2v) is 7.22. The van der Waals surface area contributed by atoms with Gasteiger partial charge in [0.15, 0.2) is 0 Å². The highest BCUT2D eigenvalue weighted by atomic mass is 16.7. The molecule has 0 fully saturated rings. The second kappa shape index (κ2) is 7.50. The lowest BCUT2D eigenvalue weighted by atomic mass is 9.78. The van der Waals surface area contributed by atoms with Crippen molar-refractivity contribution in [2.24, 2.45) is 0 Å². The molecule has 0 aliphatic heterocycles. The van der Waals surface area contributed by atoms with Gasteiger partial charge < -0.3 is 14.2 Å². The smallest absolute Gasteiger partial charge is 0.467 e. The van der Waals surface area contributed by atoms with E-state index in [1.165, 1.54) is 6.07 Å². The normalized spacial score (nSPS) is 11.6. The molecule has 0 radical (unpaired) electrons. The number of nitro groups is 1. The van der Waals surface area contributed by atoms with Crippen LogP contribution in [0.2, 0.25) is 0 Å². The van der Waals surface area contributed by atoms with Crippen LogP contribution < -0.4 is 4.74 Å². The van der Waals surface area contributed by atoms with Gasteiger partial charge in [0.25, 0.3) is 12.2 Å². The van der Waals surface area contributed by atoms with E-state index in [1.54, 1.807) is 19.9 Å². The maximum absolute atomic E-state index is 11.5. The van der Waals surface area contributed by atoms with Gasteiger partial charge in [-0.25, -0.2) is 4.79 Å². The fourth-order valence-corrected chi connectivity index (χ4v) is 2.39. The minimum atomic E-state index is -0.994. The zero-order valence-electron chi connectivity index (χ0n) is 15.2. The van der Waals surface area contributed by atoms with Crippen LogP contribution in [0.4, 0.5) is 10.5 Å². The van der Waals surface area contributed by atoms with Gasteiger partial charge in [-0.1, -0.05) is 34.6 Å². The molecule has 0 spiro atoms. The van der Waals surface area contributed by atoms with E-state index in [2.05, 4.69) is 4.74 Å². The molecule has 138 valence electrons. The number of carbonyl (C=O) groups excluding carboxylic acids is 2. The van der Waals surface area contributed by atoms with Crippen LogP contribution in [0.1, 0.15) is 45.7 Å². The van der Waals surface area contributed by atoms with Gasteiger partial charge in [-0.3, -0.25) is 14.9 Å². The van der Waals surface area contributed by atoms with Crippen LogP contribution in [-0.2, 0) is 25.1 Å². The van der Waals surface area contributed by atoms with Crippen molar-refractivity contribution < 1.29 is 28.7 Å². The zero-order valence-corrected chi connectivity index (χ0v) is 15.2. The van der Waals surface area contributed by atoms with E-state index in [0.717, 1.165) is 7.11 Å². The van der Waals surface area contributed by atoms with E-state index in [4.69, 9.17) is 9.47 Å². The quantitative estimate of drug-likeness (QED) is 0.253. The first-order valence-corrected chi connectivity index (χ1v) is 7.58. The minimum Gasteiger partial charge on any atom is -0.467 e. The molecule has 8 nitrogen and oxygen atoms in total. The highest BCUT2D eigenvalue weighted by Crippen LogP contribution is 2.41. The number of hydrogen-bond acceptors (Lipinski definition) is 7. The molecule has 0 atom stereocenters. The lowest BCUT2D eigenvalue weighted by molar-refractivity contribution is -0.386. The molecular weight excluding hydrogens is 330 g/mol. The largest absolute Gasteiger partial charge is 0.513 e. The van der Waals surface area contributed by atoms with E-state index >= 15 is 0 Å². The molecule has 1 aromatic carbocycles. The zero-order chi connectivity index (χ0) is 19.4. The molecule has 0 saturated carbocycles. The van der Waals surface area contributed by atoms with Crippen LogP contribution in [0.25, 0.3) is 0 Å². The Morgan fingerprint density at radius 3 is 2.24 bits per heavy atom. The Morgan fingerprint density at radius 2 is 1.80 bits per heavy atom. The standard InChI is InChI=1S/C17H23NO7/c1-16(2,3)11-7-12(17(4,5)9-24-10-19)14(25-15(20)23-6)8-13(11)18(21)22/h7-8,10H,9H2,1-6H3. The molecule has 1 aromatic rings. The van der Waals surface area contributed by atoms with E-state index < -0.39 is 21.9 Å². The number of benzene rings is 1. The van der Waals surface area contributed by atoms with Crippen LogP contribution in [0, 0.1) is 10.1 Å². The molecule has 0 aliphatic carbocycles. The molecular formula is C17H23NO7. The molecule has 0 amide bonds. The third-order valence-corrected chi connectivity index (χ3v) is 3.70. The van der Waals surface area contributed by atoms with Gasteiger partial charge in [0.2, 0.25) is 0 Å². The third kappa shape index (κ3) is 4.91. The van der Waals surface area contributed by atoms with Gasteiger partial charge in [0.05, 0.1) is 18.1 Å². The van der Waals surface area contributed by atoms with Crippen molar-refractivity contribution in [3.63, 3.8) is 0 Å².